The molecule has 0 bridgehead atoms. The number of phenolic OH excluding ortho intramolecular Hbond substituents is 2. The fourth-order valence-electron chi connectivity index (χ4n) is 3.34. The SMILES string of the molecule is Cc1cc2c[c-]ccc2c(-c2c(O)c(C)cc3c[c-]ccc23)c1O.[Y].[Y].[Y].[Y].[Y].[Y].[Y]. The Morgan fingerprint density at radius 2 is 0.903 bits per heavy atom. The molecule has 0 saturated carbocycles. The van der Waals surface area contributed by atoms with Crippen LogP contribution in [0.4, 0.5) is 0 Å². The summed E-state index contributed by atoms with van der Waals surface area (Å²) in [6.45, 7) is 3.74. The van der Waals surface area contributed by atoms with E-state index in [1.807, 2.05) is 62.4 Å². The van der Waals surface area contributed by atoms with Crippen LogP contribution in [-0.2, 0) is 229 Å². The van der Waals surface area contributed by atoms with E-state index in [1.54, 1.807) is 0 Å². The summed E-state index contributed by atoms with van der Waals surface area (Å²) in [6.07, 6.45) is 0. The van der Waals surface area contributed by atoms with Crippen LogP contribution in [0.2, 0.25) is 0 Å². The van der Waals surface area contributed by atoms with Crippen molar-refractivity contribution in [1.29, 1.82) is 0 Å². The van der Waals surface area contributed by atoms with Crippen molar-refractivity contribution in [3.63, 3.8) is 0 Å². The average Bonchev–Trinajstić information content (AvgIpc) is 2.58. The molecule has 0 aliphatic carbocycles. The number of aromatic hydroxyl groups is 2. The zero-order valence-electron chi connectivity index (χ0n) is 17.6. The van der Waals surface area contributed by atoms with Crippen molar-refractivity contribution >= 4 is 21.5 Å². The third-order valence-electron chi connectivity index (χ3n) is 4.55. The summed E-state index contributed by atoms with van der Waals surface area (Å²) in [5, 5.41) is 25.4. The molecule has 0 aliphatic heterocycles. The van der Waals surface area contributed by atoms with Gasteiger partial charge in [-0.3, -0.25) is 0 Å². The summed E-state index contributed by atoms with van der Waals surface area (Å²) in [4.78, 5) is 0. The molecular weight excluding hydrogens is 919 g/mol. The maximum absolute atomic E-state index is 10.8. The Bertz CT molecular complexity index is 1030. The maximum Gasteiger partial charge on any atom is 0.123 e. The van der Waals surface area contributed by atoms with Crippen LogP contribution in [0, 0.1) is 26.0 Å². The van der Waals surface area contributed by atoms with Gasteiger partial charge in [0.1, 0.15) is 11.5 Å². The fourth-order valence-corrected chi connectivity index (χ4v) is 3.34. The monoisotopic (exact) mass is 934 g/mol. The molecule has 2 N–H and O–H groups in total. The molecule has 0 aliphatic rings. The van der Waals surface area contributed by atoms with Gasteiger partial charge >= 0.3 is 0 Å². The van der Waals surface area contributed by atoms with Gasteiger partial charge in [-0.2, -0.15) is 48.5 Å². The van der Waals surface area contributed by atoms with Crippen LogP contribution < -0.4 is 0 Å². The van der Waals surface area contributed by atoms with E-state index in [1.165, 1.54) is 0 Å². The van der Waals surface area contributed by atoms with Gasteiger partial charge in [0, 0.05) is 240 Å². The first-order valence-corrected chi connectivity index (χ1v) is 7.83. The van der Waals surface area contributed by atoms with E-state index in [4.69, 9.17) is 0 Å². The molecule has 7 radical (unpaired) electrons. The van der Waals surface area contributed by atoms with Crippen molar-refractivity contribution in [3.05, 3.63) is 71.8 Å². The normalized spacial score (nSPS) is 8.71. The molecule has 2 nitrogen and oxygen atoms in total. The molecule has 31 heavy (non-hydrogen) atoms. The molecule has 0 amide bonds. The summed E-state index contributed by atoms with van der Waals surface area (Å²) in [7, 11) is 0. The van der Waals surface area contributed by atoms with Crippen molar-refractivity contribution < 1.29 is 239 Å². The summed E-state index contributed by atoms with van der Waals surface area (Å²) < 4.78 is 0. The molecule has 0 unspecified atom stereocenters. The Kier molecular flexibility index (Phi) is 27.3. The van der Waals surface area contributed by atoms with E-state index in [2.05, 4.69) is 12.1 Å². The second-order valence-electron chi connectivity index (χ2n) is 6.13. The Morgan fingerprint density at radius 1 is 0.581 bits per heavy atom. The zero-order valence-corrected chi connectivity index (χ0v) is 37.4. The van der Waals surface area contributed by atoms with Crippen molar-refractivity contribution in [2.75, 3.05) is 0 Å². The third-order valence-corrected chi connectivity index (χ3v) is 4.55. The van der Waals surface area contributed by atoms with Crippen LogP contribution in [0.25, 0.3) is 32.7 Å². The third kappa shape index (κ3) is 9.45. The summed E-state index contributed by atoms with van der Waals surface area (Å²) in [5.41, 5.74) is 2.87. The number of aryl methyl sites for hydroxylation is 2. The first-order valence-electron chi connectivity index (χ1n) is 7.83. The van der Waals surface area contributed by atoms with Gasteiger partial charge < -0.3 is 10.2 Å². The molecule has 4 aromatic carbocycles. The molecule has 0 fully saturated rings. The van der Waals surface area contributed by atoms with E-state index in [0.717, 1.165) is 32.7 Å². The molecule has 0 aromatic heterocycles. The second-order valence-corrected chi connectivity index (χ2v) is 6.13. The number of rotatable bonds is 1. The van der Waals surface area contributed by atoms with Gasteiger partial charge in [0.2, 0.25) is 0 Å². The number of fused-ring (bicyclic) bond motifs is 2. The first-order chi connectivity index (χ1) is 11.6. The van der Waals surface area contributed by atoms with Gasteiger partial charge in [-0.25, -0.2) is 0 Å². The smallest absolute Gasteiger partial charge is 0.123 e. The predicted molar refractivity (Wildman–Crippen MR) is 97.4 cm³/mol. The fraction of sp³-hybridized carbons (Fsp3) is 0.0909. The van der Waals surface area contributed by atoms with Gasteiger partial charge in [-0.05, 0) is 25.0 Å². The van der Waals surface area contributed by atoms with E-state index < -0.39 is 0 Å². The molecule has 0 heterocycles. The van der Waals surface area contributed by atoms with E-state index in [9.17, 15) is 10.2 Å². The average molecular weight is 935 g/mol. The number of benzene rings is 4. The summed E-state index contributed by atoms with van der Waals surface area (Å²) in [6, 6.07) is 21.3. The molecule has 0 saturated heterocycles. The van der Waals surface area contributed by atoms with Crippen molar-refractivity contribution in [2.24, 2.45) is 0 Å². The largest absolute Gasteiger partial charge is 0.507 e. The second kappa shape index (κ2) is 19.7. The van der Waals surface area contributed by atoms with Gasteiger partial charge in [-0.1, -0.05) is 0 Å². The molecule has 4 aromatic rings. The van der Waals surface area contributed by atoms with Crippen molar-refractivity contribution in [3.8, 4) is 22.6 Å². The number of phenols is 2. The minimum atomic E-state index is 0. The van der Waals surface area contributed by atoms with Gasteiger partial charge in [0.15, 0.2) is 0 Å². The van der Waals surface area contributed by atoms with Gasteiger partial charge in [0.25, 0.3) is 0 Å². The minimum absolute atomic E-state index is 0. The first kappa shape index (κ1) is 42.8. The van der Waals surface area contributed by atoms with Crippen LogP contribution in [0.5, 0.6) is 11.5 Å². The van der Waals surface area contributed by atoms with Gasteiger partial charge in [-0.15, -0.1) is 33.7 Å². The maximum atomic E-state index is 10.8. The molecule has 139 valence electrons. The van der Waals surface area contributed by atoms with Crippen LogP contribution in [0.3, 0.4) is 0 Å². The Morgan fingerprint density at radius 3 is 1.23 bits per heavy atom. The van der Waals surface area contributed by atoms with Crippen LogP contribution in [0.1, 0.15) is 11.1 Å². The Labute approximate surface area is 360 Å². The Balaban J connectivity index is -0.000000521. The van der Waals surface area contributed by atoms with E-state index >= 15 is 0 Å². The topological polar surface area (TPSA) is 40.5 Å². The van der Waals surface area contributed by atoms with Crippen LogP contribution in [-0.4, -0.2) is 10.2 Å². The summed E-state index contributed by atoms with van der Waals surface area (Å²) >= 11 is 0. The zero-order chi connectivity index (χ0) is 16.8. The van der Waals surface area contributed by atoms with Crippen LogP contribution in [0.15, 0.2) is 48.5 Å². The molecular formula is C22H16O2Y7-2. The van der Waals surface area contributed by atoms with E-state index in [-0.39, 0.29) is 240 Å². The molecule has 0 spiro atoms. The summed E-state index contributed by atoms with van der Waals surface area (Å²) in [5.74, 6) is 0.396. The molecule has 9 heteroatoms. The van der Waals surface area contributed by atoms with Crippen molar-refractivity contribution in [1.82, 2.24) is 0 Å². The molecule has 0 atom stereocenters. The minimum Gasteiger partial charge on any atom is -0.507 e. The van der Waals surface area contributed by atoms with Gasteiger partial charge in [0.05, 0.1) is 0 Å². The van der Waals surface area contributed by atoms with Crippen molar-refractivity contribution in [2.45, 2.75) is 13.8 Å². The number of hydrogen-bond acceptors (Lipinski definition) is 2. The molecule has 4 rings (SSSR count). The Hall–Kier alpha value is 4.73. The van der Waals surface area contributed by atoms with E-state index in [0.29, 0.717) is 11.1 Å². The predicted octanol–water partition coefficient (Wildman–Crippen LogP) is 5.27. The quantitative estimate of drug-likeness (QED) is 0.256. The standard InChI is InChI=1S/C22H16O2.7Y/c1-13-11-15-7-3-5-9-17(15)19(21(13)23)20-18-10-6-4-8-16(18)12-14(2)22(20)24;;;;;;;/h5-12,23-24H,1-2H3;;;;;;;/q-2;;;;;;;. The number of hydrogen-bond donors (Lipinski definition) is 2. The van der Waals surface area contributed by atoms with Crippen LogP contribution >= 0.6 is 0 Å².